The maximum atomic E-state index is 12.6. The molecule has 108 valence electrons. The SMILES string of the molecule is CCCCN(CC)S(=O)(=O)c1cc(CCl)ccc1Br. The van der Waals surface area contributed by atoms with Crippen molar-refractivity contribution in [3.05, 3.63) is 28.2 Å². The first-order valence-corrected chi connectivity index (χ1v) is 9.08. The second-order valence-corrected chi connectivity index (χ2v) is 7.28. The van der Waals surface area contributed by atoms with Crippen LogP contribution in [0.15, 0.2) is 27.6 Å². The molecule has 3 nitrogen and oxygen atoms in total. The summed E-state index contributed by atoms with van der Waals surface area (Å²) in [7, 11) is -3.46. The molecular weight excluding hydrogens is 350 g/mol. The molecule has 0 spiro atoms. The van der Waals surface area contributed by atoms with Crippen LogP contribution in [0, 0.1) is 0 Å². The molecule has 0 aromatic heterocycles. The largest absolute Gasteiger partial charge is 0.244 e. The van der Waals surface area contributed by atoms with E-state index in [2.05, 4.69) is 15.9 Å². The van der Waals surface area contributed by atoms with E-state index in [1.807, 2.05) is 19.9 Å². The first-order valence-electron chi connectivity index (χ1n) is 6.31. The monoisotopic (exact) mass is 367 g/mol. The number of unbranched alkanes of at least 4 members (excludes halogenated alkanes) is 1. The number of hydrogen-bond donors (Lipinski definition) is 0. The van der Waals surface area contributed by atoms with Gasteiger partial charge in [-0.1, -0.05) is 26.3 Å². The zero-order valence-corrected chi connectivity index (χ0v) is 14.4. The van der Waals surface area contributed by atoms with Gasteiger partial charge < -0.3 is 0 Å². The first-order chi connectivity index (χ1) is 8.97. The second kappa shape index (κ2) is 7.62. The molecule has 0 atom stereocenters. The highest BCUT2D eigenvalue weighted by atomic mass is 79.9. The normalized spacial score (nSPS) is 12.1. The van der Waals surface area contributed by atoms with Crippen molar-refractivity contribution < 1.29 is 8.42 Å². The van der Waals surface area contributed by atoms with Crippen LogP contribution < -0.4 is 0 Å². The smallest absolute Gasteiger partial charge is 0.207 e. The predicted octanol–water partition coefficient (Wildman–Crippen LogP) is 4.00. The number of alkyl halides is 1. The standard InChI is InChI=1S/C13H19BrClNO2S/c1-3-5-8-16(4-2)19(17,18)13-9-11(10-15)6-7-12(13)14/h6-7,9H,3-5,8,10H2,1-2H3. The van der Waals surface area contributed by atoms with Crippen molar-refractivity contribution in [1.29, 1.82) is 0 Å². The van der Waals surface area contributed by atoms with Crippen molar-refractivity contribution >= 4 is 37.6 Å². The summed E-state index contributed by atoms with van der Waals surface area (Å²) in [5, 5.41) is 0. The number of hydrogen-bond acceptors (Lipinski definition) is 2. The summed E-state index contributed by atoms with van der Waals surface area (Å²) in [6.45, 7) is 4.92. The molecule has 0 bridgehead atoms. The Morgan fingerprint density at radius 3 is 2.53 bits per heavy atom. The Bertz CT molecular complexity index is 519. The van der Waals surface area contributed by atoms with E-state index in [0.29, 0.717) is 28.3 Å². The van der Waals surface area contributed by atoms with Crippen LogP contribution in [0.3, 0.4) is 0 Å². The molecule has 0 saturated heterocycles. The van der Waals surface area contributed by atoms with Crippen LogP contribution in [0.1, 0.15) is 32.3 Å². The molecule has 0 unspecified atom stereocenters. The van der Waals surface area contributed by atoms with Crippen molar-refractivity contribution in [3.8, 4) is 0 Å². The lowest BCUT2D eigenvalue weighted by molar-refractivity contribution is 0.418. The lowest BCUT2D eigenvalue weighted by Gasteiger charge is -2.21. The third-order valence-corrected chi connectivity index (χ3v) is 6.16. The number of halogens is 2. The van der Waals surface area contributed by atoms with Crippen molar-refractivity contribution in [2.75, 3.05) is 13.1 Å². The third kappa shape index (κ3) is 4.18. The van der Waals surface area contributed by atoms with Crippen molar-refractivity contribution in [2.45, 2.75) is 37.5 Å². The van der Waals surface area contributed by atoms with Crippen LogP contribution >= 0.6 is 27.5 Å². The Morgan fingerprint density at radius 1 is 1.32 bits per heavy atom. The van der Waals surface area contributed by atoms with Crippen LogP contribution in [0.4, 0.5) is 0 Å². The number of rotatable bonds is 7. The van der Waals surface area contributed by atoms with Crippen molar-refractivity contribution in [1.82, 2.24) is 4.31 Å². The van der Waals surface area contributed by atoms with E-state index in [1.54, 1.807) is 12.1 Å². The lowest BCUT2D eigenvalue weighted by atomic mass is 10.2. The molecule has 0 aliphatic heterocycles. The quantitative estimate of drug-likeness (QED) is 0.682. The Balaban J connectivity index is 3.17. The Hall–Kier alpha value is -0.100. The first kappa shape index (κ1) is 17.0. The Morgan fingerprint density at radius 2 is 2.00 bits per heavy atom. The van der Waals surface area contributed by atoms with Gasteiger partial charge in [0.15, 0.2) is 0 Å². The van der Waals surface area contributed by atoms with Crippen LogP contribution in [0.5, 0.6) is 0 Å². The molecule has 0 saturated carbocycles. The third-order valence-electron chi connectivity index (χ3n) is 2.88. The van der Waals surface area contributed by atoms with Crippen molar-refractivity contribution in [2.24, 2.45) is 0 Å². The van der Waals surface area contributed by atoms with Crippen LogP contribution in [0.25, 0.3) is 0 Å². The fourth-order valence-electron chi connectivity index (χ4n) is 1.75. The fourth-order valence-corrected chi connectivity index (χ4v) is 4.38. The molecule has 1 rings (SSSR count). The molecule has 1 aromatic carbocycles. The number of nitrogens with zero attached hydrogens (tertiary/aromatic N) is 1. The highest BCUT2D eigenvalue weighted by Crippen LogP contribution is 2.27. The summed E-state index contributed by atoms with van der Waals surface area (Å²) in [4.78, 5) is 0.295. The fraction of sp³-hybridized carbons (Fsp3) is 0.538. The summed E-state index contributed by atoms with van der Waals surface area (Å²) in [6.07, 6.45) is 1.83. The number of benzene rings is 1. The minimum atomic E-state index is -3.46. The highest BCUT2D eigenvalue weighted by Gasteiger charge is 2.25. The molecule has 0 aliphatic rings. The molecular formula is C13H19BrClNO2S. The topological polar surface area (TPSA) is 37.4 Å². The zero-order chi connectivity index (χ0) is 14.5. The Kier molecular flexibility index (Phi) is 6.80. The summed E-state index contributed by atoms with van der Waals surface area (Å²) in [6, 6.07) is 5.19. The van der Waals surface area contributed by atoms with E-state index in [0.717, 1.165) is 18.4 Å². The van der Waals surface area contributed by atoms with Gasteiger partial charge in [0.05, 0.1) is 4.90 Å². The molecule has 0 aliphatic carbocycles. The van der Waals surface area contributed by atoms with E-state index in [1.165, 1.54) is 4.31 Å². The molecule has 0 fully saturated rings. The van der Waals surface area contributed by atoms with Gasteiger partial charge in [0, 0.05) is 23.4 Å². The van der Waals surface area contributed by atoms with Gasteiger partial charge in [-0.25, -0.2) is 8.42 Å². The van der Waals surface area contributed by atoms with Crippen LogP contribution in [-0.2, 0) is 15.9 Å². The van der Waals surface area contributed by atoms with Gasteiger partial charge in [-0.15, -0.1) is 11.6 Å². The molecule has 6 heteroatoms. The predicted molar refractivity (Wildman–Crippen MR) is 83.0 cm³/mol. The minimum absolute atomic E-state index is 0.295. The van der Waals surface area contributed by atoms with Crippen LogP contribution in [0.2, 0.25) is 0 Å². The van der Waals surface area contributed by atoms with Gasteiger partial charge in [-0.3, -0.25) is 0 Å². The summed E-state index contributed by atoms with van der Waals surface area (Å²) >= 11 is 9.09. The van der Waals surface area contributed by atoms with Gasteiger partial charge >= 0.3 is 0 Å². The van der Waals surface area contributed by atoms with Gasteiger partial charge in [0.25, 0.3) is 0 Å². The second-order valence-electron chi connectivity index (χ2n) is 4.25. The van der Waals surface area contributed by atoms with E-state index < -0.39 is 10.0 Å². The average molecular weight is 369 g/mol. The molecule has 0 amide bonds. The van der Waals surface area contributed by atoms with E-state index in [-0.39, 0.29) is 0 Å². The van der Waals surface area contributed by atoms with E-state index in [9.17, 15) is 8.42 Å². The van der Waals surface area contributed by atoms with Gasteiger partial charge in [0.2, 0.25) is 10.0 Å². The maximum Gasteiger partial charge on any atom is 0.244 e. The molecule has 0 heterocycles. The van der Waals surface area contributed by atoms with E-state index in [4.69, 9.17) is 11.6 Å². The van der Waals surface area contributed by atoms with Crippen LogP contribution in [-0.4, -0.2) is 25.8 Å². The molecule has 1 aromatic rings. The van der Waals surface area contributed by atoms with Gasteiger partial charge in [0.1, 0.15) is 0 Å². The minimum Gasteiger partial charge on any atom is -0.207 e. The summed E-state index contributed by atoms with van der Waals surface area (Å²) in [5.74, 6) is 0.302. The molecule has 0 radical (unpaired) electrons. The van der Waals surface area contributed by atoms with Crippen molar-refractivity contribution in [3.63, 3.8) is 0 Å². The number of sulfonamides is 1. The highest BCUT2D eigenvalue weighted by molar-refractivity contribution is 9.10. The van der Waals surface area contributed by atoms with Gasteiger partial charge in [-0.05, 0) is 40.0 Å². The Labute approximate surface area is 129 Å². The lowest BCUT2D eigenvalue weighted by Crippen LogP contribution is -2.32. The zero-order valence-electron chi connectivity index (χ0n) is 11.2. The van der Waals surface area contributed by atoms with Gasteiger partial charge in [-0.2, -0.15) is 4.31 Å². The summed E-state index contributed by atoms with van der Waals surface area (Å²) < 4.78 is 27.3. The molecule has 0 N–H and O–H groups in total. The van der Waals surface area contributed by atoms with E-state index >= 15 is 0 Å². The maximum absolute atomic E-state index is 12.6. The average Bonchev–Trinajstić information content (AvgIpc) is 2.39. The molecule has 19 heavy (non-hydrogen) atoms. The summed E-state index contributed by atoms with van der Waals surface area (Å²) in [5.41, 5.74) is 0.801.